The van der Waals surface area contributed by atoms with Crippen molar-refractivity contribution < 1.29 is 0 Å². The third kappa shape index (κ3) is 2.86. The third-order valence-electron chi connectivity index (χ3n) is 3.70. The number of nitrogens with one attached hydrogen (secondary N) is 1. The number of anilines is 1. The van der Waals surface area contributed by atoms with Crippen molar-refractivity contribution in [2.75, 3.05) is 25.0 Å². The Hall–Kier alpha value is -1.39. The lowest BCUT2D eigenvalue weighted by atomic mass is 10.1. The van der Waals surface area contributed by atoms with Gasteiger partial charge in [-0.2, -0.15) is 0 Å². The van der Waals surface area contributed by atoms with Crippen molar-refractivity contribution in [2.45, 2.75) is 25.8 Å². The first kappa shape index (κ1) is 13.6. The molecule has 0 aliphatic carbocycles. The van der Waals surface area contributed by atoms with Crippen molar-refractivity contribution in [2.24, 2.45) is 0 Å². The predicted octanol–water partition coefficient (Wildman–Crippen LogP) is 3.52. The Morgan fingerprint density at radius 3 is 2.60 bits per heavy atom. The molecule has 2 heterocycles. The van der Waals surface area contributed by atoms with E-state index in [1.165, 1.54) is 34.8 Å². The highest BCUT2D eigenvalue weighted by molar-refractivity contribution is 7.16. The van der Waals surface area contributed by atoms with Gasteiger partial charge in [-0.25, -0.2) is 4.98 Å². The van der Waals surface area contributed by atoms with Crippen molar-refractivity contribution in [3.63, 3.8) is 0 Å². The molecular weight excluding hydrogens is 266 g/mol. The van der Waals surface area contributed by atoms with E-state index in [1.54, 1.807) is 0 Å². The largest absolute Gasteiger partial charge is 0.348 e. The first-order chi connectivity index (χ1) is 9.88. The van der Waals surface area contributed by atoms with Crippen LogP contribution in [0.3, 0.4) is 0 Å². The summed E-state index contributed by atoms with van der Waals surface area (Å²) < 4.78 is 0. The average Bonchev–Trinajstić information content (AvgIpc) is 2.94. The van der Waals surface area contributed by atoms with Gasteiger partial charge < -0.3 is 10.2 Å². The molecule has 20 heavy (non-hydrogen) atoms. The van der Waals surface area contributed by atoms with E-state index < -0.39 is 0 Å². The third-order valence-corrected chi connectivity index (χ3v) is 4.81. The van der Waals surface area contributed by atoms with Crippen LogP contribution in [0.15, 0.2) is 30.3 Å². The Bertz CT molecular complexity index is 544. The van der Waals surface area contributed by atoms with Crippen molar-refractivity contribution >= 4 is 16.5 Å². The molecule has 106 valence electrons. The molecule has 0 atom stereocenters. The minimum Gasteiger partial charge on any atom is -0.348 e. The van der Waals surface area contributed by atoms with Crippen LogP contribution in [0, 0.1) is 0 Å². The highest BCUT2D eigenvalue weighted by Crippen LogP contribution is 2.34. The molecule has 0 bridgehead atoms. The van der Waals surface area contributed by atoms with Gasteiger partial charge in [0.1, 0.15) is 0 Å². The molecule has 1 N–H and O–H groups in total. The van der Waals surface area contributed by atoms with Gasteiger partial charge in [0.05, 0.1) is 5.69 Å². The number of aromatic nitrogens is 1. The van der Waals surface area contributed by atoms with E-state index in [4.69, 9.17) is 4.98 Å². The molecule has 0 spiro atoms. The SMILES string of the molecule is CNCc1sc(N2CCCCC2)nc1-c1ccccc1. The minimum atomic E-state index is 0.885. The fraction of sp³-hybridized carbons (Fsp3) is 0.438. The molecule has 4 heteroatoms. The van der Waals surface area contributed by atoms with Crippen LogP contribution in [-0.4, -0.2) is 25.1 Å². The van der Waals surface area contributed by atoms with Gasteiger partial charge in [0.25, 0.3) is 0 Å². The maximum absolute atomic E-state index is 4.93. The molecule has 3 nitrogen and oxygen atoms in total. The second-order valence-corrected chi connectivity index (χ2v) is 6.27. The monoisotopic (exact) mass is 287 g/mol. The predicted molar refractivity (Wildman–Crippen MR) is 86.4 cm³/mol. The van der Waals surface area contributed by atoms with Gasteiger partial charge in [-0.1, -0.05) is 41.7 Å². The van der Waals surface area contributed by atoms with Crippen LogP contribution in [-0.2, 0) is 6.54 Å². The molecule has 0 amide bonds. The van der Waals surface area contributed by atoms with E-state index in [-0.39, 0.29) is 0 Å². The van der Waals surface area contributed by atoms with E-state index >= 15 is 0 Å². The molecule has 1 aromatic heterocycles. The van der Waals surface area contributed by atoms with E-state index in [0.29, 0.717) is 0 Å². The van der Waals surface area contributed by atoms with E-state index in [1.807, 2.05) is 18.4 Å². The topological polar surface area (TPSA) is 28.2 Å². The molecule has 3 rings (SSSR count). The van der Waals surface area contributed by atoms with Crippen molar-refractivity contribution in [1.29, 1.82) is 0 Å². The first-order valence-electron chi connectivity index (χ1n) is 7.33. The molecule has 1 saturated heterocycles. The van der Waals surface area contributed by atoms with E-state index in [2.05, 4.69) is 40.5 Å². The summed E-state index contributed by atoms with van der Waals surface area (Å²) in [6.07, 6.45) is 3.94. The fourth-order valence-corrected chi connectivity index (χ4v) is 3.81. The second kappa shape index (κ2) is 6.37. The average molecular weight is 287 g/mol. The number of hydrogen-bond acceptors (Lipinski definition) is 4. The Kier molecular flexibility index (Phi) is 4.33. The highest BCUT2D eigenvalue weighted by atomic mass is 32.1. The van der Waals surface area contributed by atoms with Gasteiger partial charge >= 0.3 is 0 Å². The summed E-state index contributed by atoms with van der Waals surface area (Å²) >= 11 is 1.84. The molecule has 1 aliphatic rings. The lowest BCUT2D eigenvalue weighted by Crippen LogP contribution is -2.29. The normalized spacial score (nSPS) is 15.6. The zero-order valence-electron chi connectivity index (χ0n) is 11.9. The van der Waals surface area contributed by atoms with Crippen LogP contribution in [0.2, 0.25) is 0 Å². The lowest BCUT2D eigenvalue weighted by molar-refractivity contribution is 0.577. The van der Waals surface area contributed by atoms with Gasteiger partial charge in [-0.3, -0.25) is 0 Å². The second-order valence-electron chi connectivity index (χ2n) is 5.21. The van der Waals surface area contributed by atoms with Crippen LogP contribution in [0.1, 0.15) is 24.1 Å². The zero-order chi connectivity index (χ0) is 13.8. The smallest absolute Gasteiger partial charge is 0.186 e. The molecule has 0 saturated carbocycles. The van der Waals surface area contributed by atoms with Crippen molar-refractivity contribution in [1.82, 2.24) is 10.3 Å². The van der Waals surface area contributed by atoms with Gasteiger partial charge in [-0.15, -0.1) is 0 Å². The number of piperidine rings is 1. The number of thiazole rings is 1. The molecular formula is C16H21N3S. The Labute approximate surface area is 124 Å². The Morgan fingerprint density at radius 2 is 1.90 bits per heavy atom. The summed E-state index contributed by atoms with van der Waals surface area (Å²) in [7, 11) is 2.00. The molecule has 1 aromatic carbocycles. The summed E-state index contributed by atoms with van der Waals surface area (Å²) in [4.78, 5) is 8.70. The summed E-state index contributed by atoms with van der Waals surface area (Å²) in [6.45, 7) is 3.19. The number of hydrogen-bond donors (Lipinski definition) is 1. The lowest BCUT2D eigenvalue weighted by Gasteiger charge is -2.25. The quantitative estimate of drug-likeness (QED) is 0.932. The highest BCUT2D eigenvalue weighted by Gasteiger charge is 2.18. The summed E-state index contributed by atoms with van der Waals surface area (Å²) in [5, 5.41) is 4.45. The molecule has 0 unspecified atom stereocenters. The zero-order valence-corrected chi connectivity index (χ0v) is 12.7. The molecule has 1 aliphatic heterocycles. The summed E-state index contributed by atoms with van der Waals surface area (Å²) in [5.41, 5.74) is 2.36. The van der Waals surface area contributed by atoms with Crippen LogP contribution in [0.5, 0.6) is 0 Å². The number of rotatable bonds is 4. The van der Waals surface area contributed by atoms with Gasteiger partial charge in [0.2, 0.25) is 0 Å². The number of nitrogens with zero attached hydrogens (tertiary/aromatic N) is 2. The van der Waals surface area contributed by atoms with Gasteiger partial charge in [-0.05, 0) is 26.3 Å². The fourth-order valence-electron chi connectivity index (χ4n) is 2.66. The maximum Gasteiger partial charge on any atom is 0.186 e. The van der Waals surface area contributed by atoms with Crippen LogP contribution < -0.4 is 10.2 Å². The summed E-state index contributed by atoms with van der Waals surface area (Å²) in [6, 6.07) is 10.5. The van der Waals surface area contributed by atoms with Crippen LogP contribution >= 0.6 is 11.3 Å². The van der Waals surface area contributed by atoms with Crippen molar-refractivity contribution in [3.05, 3.63) is 35.2 Å². The van der Waals surface area contributed by atoms with E-state index in [0.717, 1.165) is 25.3 Å². The van der Waals surface area contributed by atoms with E-state index in [9.17, 15) is 0 Å². The van der Waals surface area contributed by atoms with Gasteiger partial charge in [0.15, 0.2) is 5.13 Å². The molecule has 1 fully saturated rings. The first-order valence-corrected chi connectivity index (χ1v) is 8.15. The number of benzene rings is 1. The van der Waals surface area contributed by atoms with Crippen molar-refractivity contribution in [3.8, 4) is 11.3 Å². The minimum absolute atomic E-state index is 0.885. The molecule has 2 aromatic rings. The van der Waals surface area contributed by atoms with Crippen LogP contribution in [0.4, 0.5) is 5.13 Å². The maximum atomic E-state index is 4.93. The summed E-state index contributed by atoms with van der Waals surface area (Å²) in [5.74, 6) is 0. The molecule has 0 radical (unpaired) electrons. The van der Waals surface area contributed by atoms with Crippen LogP contribution in [0.25, 0.3) is 11.3 Å². The Morgan fingerprint density at radius 1 is 1.15 bits per heavy atom. The van der Waals surface area contributed by atoms with Gasteiger partial charge in [0, 0.05) is 30.1 Å². The Balaban J connectivity index is 1.93. The standard InChI is InChI=1S/C16H21N3S/c1-17-12-14-15(13-8-4-2-5-9-13)18-16(20-14)19-10-6-3-7-11-19/h2,4-5,8-9,17H,3,6-7,10-12H2,1H3.